The number of H-pyrrole nitrogens is 1. The summed E-state index contributed by atoms with van der Waals surface area (Å²) in [6, 6.07) is 15.5. The van der Waals surface area contributed by atoms with Crippen LogP contribution >= 0.6 is 15.9 Å². The lowest BCUT2D eigenvalue weighted by atomic mass is 9.95. The van der Waals surface area contributed by atoms with Crippen LogP contribution in [0.15, 0.2) is 64.6 Å². The number of hydrogen-bond donors (Lipinski definition) is 2. The van der Waals surface area contributed by atoms with Gasteiger partial charge < -0.3 is 19.7 Å². The van der Waals surface area contributed by atoms with Gasteiger partial charge in [-0.2, -0.15) is 0 Å². The number of amides is 1. The van der Waals surface area contributed by atoms with Gasteiger partial charge in [0.1, 0.15) is 11.5 Å². The molecule has 1 fully saturated rings. The Kier molecular flexibility index (Phi) is 6.48. The van der Waals surface area contributed by atoms with E-state index in [1.165, 1.54) is 4.90 Å². The highest BCUT2D eigenvalue weighted by molar-refractivity contribution is 9.10. The minimum atomic E-state index is -0.894. The number of ketones is 1. The number of Topliss-reactive ketones (excluding diaryl/α,β-unsaturated/α-hetero) is 1. The summed E-state index contributed by atoms with van der Waals surface area (Å²) < 4.78 is 5.90. The van der Waals surface area contributed by atoms with Gasteiger partial charge in [-0.1, -0.05) is 12.1 Å². The second-order valence-electron chi connectivity index (χ2n) is 9.52. The molecule has 194 valence electrons. The molecule has 1 unspecified atom stereocenters. The molecular formula is C29H27BrN4O4. The van der Waals surface area contributed by atoms with Gasteiger partial charge in [-0.15, -0.1) is 0 Å². The minimum absolute atomic E-state index is 0.0162. The molecule has 4 aromatic rings. The van der Waals surface area contributed by atoms with Crippen molar-refractivity contribution in [2.75, 3.05) is 31.0 Å². The predicted octanol–water partition coefficient (Wildman–Crippen LogP) is 5.64. The zero-order chi connectivity index (χ0) is 27.3. The van der Waals surface area contributed by atoms with Crippen molar-refractivity contribution < 1.29 is 19.4 Å². The highest BCUT2D eigenvalue weighted by Crippen LogP contribution is 2.42. The van der Waals surface area contributed by atoms with Crippen molar-refractivity contribution in [1.29, 1.82) is 0 Å². The lowest BCUT2D eigenvalue weighted by molar-refractivity contribution is -0.132. The van der Waals surface area contributed by atoms with Gasteiger partial charge in [-0.05, 0) is 88.9 Å². The number of aryl methyl sites for hydroxylation is 2. The molecule has 0 spiro atoms. The number of nitrogens with zero attached hydrogens (tertiary/aromatic N) is 3. The highest BCUT2D eigenvalue weighted by Gasteiger charge is 2.48. The largest absolute Gasteiger partial charge is 0.507 e. The van der Waals surface area contributed by atoms with E-state index in [4.69, 9.17) is 4.74 Å². The molecule has 0 bridgehead atoms. The van der Waals surface area contributed by atoms with Crippen molar-refractivity contribution in [1.82, 2.24) is 9.97 Å². The first kappa shape index (κ1) is 25.5. The second kappa shape index (κ2) is 9.64. The Bertz CT molecular complexity index is 1580. The van der Waals surface area contributed by atoms with Crippen molar-refractivity contribution in [2.24, 2.45) is 0 Å². The molecule has 1 aliphatic rings. The van der Waals surface area contributed by atoms with E-state index in [0.29, 0.717) is 26.9 Å². The number of aromatic nitrogens is 2. The fraction of sp³-hybridized carbons (Fsp3) is 0.207. The van der Waals surface area contributed by atoms with E-state index in [2.05, 4.69) is 25.9 Å². The van der Waals surface area contributed by atoms with Crippen molar-refractivity contribution in [2.45, 2.75) is 19.9 Å². The SMILES string of the molecule is COc1ccc(/C(O)=C2\C(=O)C(=O)N(c3nc4cc(C)c(C)cc4[nH]3)C2c2ccc(N(C)C)cc2)cc1Br. The van der Waals surface area contributed by atoms with E-state index < -0.39 is 17.7 Å². The van der Waals surface area contributed by atoms with Crippen molar-refractivity contribution in [3.63, 3.8) is 0 Å². The number of aliphatic hydroxyl groups is 1. The number of benzene rings is 3. The summed E-state index contributed by atoms with van der Waals surface area (Å²) in [6.45, 7) is 4.00. The number of hydrogen-bond acceptors (Lipinski definition) is 6. The van der Waals surface area contributed by atoms with Crippen LogP contribution in [0.4, 0.5) is 11.6 Å². The molecule has 3 aromatic carbocycles. The number of methoxy groups -OCH3 is 1. The smallest absolute Gasteiger partial charge is 0.302 e. The molecule has 1 saturated heterocycles. The first-order chi connectivity index (χ1) is 18.1. The third kappa shape index (κ3) is 4.22. The van der Waals surface area contributed by atoms with Gasteiger partial charge in [-0.25, -0.2) is 4.98 Å². The number of imidazole rings is 1. The number of aliphatic hydroxyl groups excluding tert-OH is 1. The zero-order valence-corrected chi connectivity index (χ0v) is 23.3. The van der Waals surface area contributed by atoms with E-state index in [-0.39, 0.29) is 17.3 Å². The Hall–Kier alpha value is -4.11. The molecule has 1 aromatic heterocycles. The molecule has 1 amide bonds. The summed E-state index contributed by atoms with van der Waals surface area (Å²) in [5.41, 5.74) is 5.57. The number of ether oxygens (including phenoxy) is 1. The average Bonchev–Trinajstić information content (AvgIpc) is 3.41. The van der Waals surface area contributed by atoms with Gasteiger partial charge in [0.05, 0.1) is 34.2 Å². The van der Waals surface area contributed by atoms with Crippen LogP contribution in [-0.4, -0.2) is 48.0 Å². The highest BCUT2D eigenvalue weighted by atomic mass is 79.9. The van der Waals surface area contributed by atoms with Gasteiger partial charge in [0.15, 0.2) is 0 Å². The minimum Gasteiger partial charge on any atom is -0.507 e. The van der Waals surface area contributed by atoms with Crippen LogP contribution in [0.3, 0.4) is 0 Å². The number of halogens is 1. The van der Waals surface area contributed by atoms with E-state index >= 15 is 0 Å². The zero-order valence-electron chi connectivity index (χ0n) is 21.7. The van der Waals surface area contributed by atoms with Crippen molar-refractivity contribution in [3.8, 4) is 5.75 Å². The lowest BCUT2D eigenvalue weighted by Gasteiger charge is -2.24. The van der Waals surface area contributed by atoms with Crippen LogP contribution in [0.1, 0.15) is 28.3 Å². The van der Waals surface area contributed by atoms with E-state index in [1.54, 1.807) is 25.3 Å². The molecule has 0 radical (unpaired) electrons. The summed E-state index contributed by atoms with van der Waals surface area (Å²) in [4.78, 5) is 38.2. The Morgan fingerprint density at radius 3 is 2.37 bits per heavy atom. The average molecular weight is 575 g/mol. The molecular weight excluding hydrogens is 548 g/mol. The lowest BCUT2D eigenvalue weighted by Crippen LogP contribution is -2.30. The number of rotatable bonds is 5. The van der Waals surface area contributed by atoms with Crippen LogP contribution in [0.2, 0.25) is 0 Å². The van der Waals surface area contributed by atoms with Crippen LogP contribution in [0.5, 0.6) is 5.75 Å². The maximum absolute atomic E-state index is 13.5. The molecule has 9 heteroatoms. The number of nitrogens with one attached hydrogen (secondary N) is 1. The van der Waals surface area contributed by atoms with E-state index in [0.717, 1.165) is 22.3 Å². The molecule has 1 atom stereocenters. The van der Waals surface area contributed by atoms with Crippen LogP contribution in [0.25, 0.3) is 16.8 Å². The molecule has 0 aliphatic carbocycles. The van der Waals surface area contributed by atoms with Gasteiger partial charge in [0.25, 0.3) is 5.78 Å². The Morgan fingerprint density at radius 2 is 1.74 bits per heavy atom. The third-order valence-corrected chi connectivity index (χ3v) is 7.53. The number of aromatic amines is 1. The summed E-state index contributed by atoms with van der Waals surface area (Å²) >= 11 is 3.43. The number of anilines is 2. The molecule has 0 saturated carbocycles. The monoisotopic (exact) mass is 574 g/mol. The van der Waals surface area contributed by atoms with Crippen LogP contribution in [-0.2, 0) is 9.59 Å². The molecule has 2 heterocycles. The van der Waals surface area contributed by atoms with E-state index in [1.807, 2.05) is 69.2 Å². The number of fused-ring (bicyclic) bond motifs is 1. The second-order valence-corrected chi connectivity index (χ2v) is 10.4. The van der Waals surface area contributed by atoms with Crippen molar-refractivity contribution >= 4 is 56.0 Å². The predicted molar refractivity (Wildman–Crippen MR) is 152 cm³/mol. The Balaban J connectivity index is 1.72. The summed E-state index contributed by atoms with van der Waals surface area (Å²) in [5, 5.41) is 11.4. The third-order valence-electron chi connectivity index (χ3n) is 6.91. The standard InChI is InChI=1S/C29H27BrN4O4/c1-15-12-21-22(13-16(15)2)32-29(31-21)34-25(17-6-9-19(10-7-17)33(3)4)24(27(36)28(34)37)26(35)18-8-11-23(38-5)20(30)14-18/h6-14,25,35H,1-5H3,(H,31,32)/b26-24+. The summed E-state index contributed by atoms with van der Waals surface area (Å²) in [7, 11) is 5.40. The number of carbonyl (C=O) groups is 2. The Morgan fingerprint density at radius 1 is 1.05 bits per heavy atom. The molecule has 2 N–H and O–H groups in total. The summed E-state index contributed by atoms with van der Waals surface area (Å²) in [5.74, 6) is -1.02. The maximum atomic E-state index is 13.5. The molecule has 5 rings (SSSR count). The number of carbonyl (C=O) groups excluding carboxylic acids is 2. The first-order valence-corrected chi connectivity index (χ1v) is 12.8. The van der Waals surface area contributed by atoms with Crippen LogP contribution in [0, 0.1) is 13.8 Å². The topological polar surface area (TPSA) is 98.8 Å². The quantitative estimate of drug-likeness (QED) is 0.182. The van der Waals surface area contributed by atoms with Crippen LogP contribution < -0.4 is 14.5 Å². The van der Waals surface area contributed by atoms with Gasteiger partial charge in [-0.3, -0.25) is 14.5 Å². The van der Waals surface area contributed by atoms with Gasteiger partial charge in [0.2, 0.25) is 5.95 Å². The molecule has 1 aliphatic heterocycles. The fourth-order valence-electron chi connectivity index (χ4n) is 4.66. The fourth-order valence-corrected chi connectivity index (χ4v) is 5.20. The van der Waals surface area contributed by atoms with Gasteiger partial charge >= 0.3 is 5.91 Å². The first-order valence-electron chi connectivity index (χ1n) is 12.0. The van der Waals surface area contributed by atoms with Gasteiger partial charge in [0, 0.05) is 25.3 Å². The molecule has 38 heavy (non-hydrogen) atoms. The summed E-state index contributed by atoms with van der Waals surface area (Å²) in [6.07, 6.45) is 0. The normalized spacial score (nSPS) is 16.9. The maximum Gasteiger partial charge on any atom is 0.302 e. The van der Waals surface area contributed by atoms with Crippen molar-refractivity contribution in [3.05, 3.63) is 86.9 Å². The van der Waals surface area contributed by atoms with E-state index in [9.17, 15) is 14.7 Å². The Labute approximate surface area is 228 Å². The molecule has 8 nitrogen and oxygen atoms in total.